The molecule has 2 heterocycles. The number of carbonyl (C=O) groups is 1. The molecule has 0 fully saturated rings. The first-order chi connectivity index (χ1) is 11.9. The van der Waals surface area contributed by atoms with Crippen LogP contribution in [0.2, 0.25) is 0 Å². The van der Waals surface area contributed by atoms with E-state index >= 15 is 0 Å². The fourth-order valence-corrected chi connectivity index (χ4v) is 3.27. The second-order valence-electron chi connectivity index (χ2n) is 4.92. The smallest absolute Gasteiger partial charge is 0.266 e. The molecule has 0 aliphatic heterocycles. The third kappa shape index (κ3) is 3.67. The van der Waals surface area contributed by atoms with E-state index < -0.39 is 21.7 Å². The second-order valence-corrected chi connectivity index (χ2v) is 7.50. The van der Waals surface area contributed by atoms with Crippen molar-refractivity contribution in [3.63, 3.8) is 0 Å². The number of carbonyl (C=O) groups excluding carboxylic acids is 1. The van der Waals surface area contributed by atoms with Gasteiger partial charge in [0.1, 0.15) is 5.82 Å². The highest BCUT2D eigenvalue weighted by Crippen LogP contribution is 2.28. The lowest BCUT2D eigenvalue weighted by atomic mass is 10.2. The van der Waals surface area contributed by atoms with Crippen LogP contribution in [0.25, 0.3) is 16.3 Å². The summed E-state index contributed by atoms with van der Waals surface area (Å²) in [5.41, 5.74) is 1.04. The lowest BCUT2D eigenvalue weighted by Crippen LogP contribution is -2.29. The van der Waals surface area contributed by atoms with Crippen LogP contribution in [0.15, 0.2) is 59.8 Å². The fraction of sp³-hybridized carbons (Fsp3) is 0. The van der Waals surface area contributed by atoms with Crippen molar-refractivity contribution in [3.05, 3.63) is 71.3 Å². The number of halogens is 1. The van der Waals surface area contributed by atoms with Crippen LogP contribution < -0.4 is 4.72 Å². The highest BCUT2D eigenvalue weighted by Gasteiger charge is 2.20. The van der Waals surface area contributed by atoms with Crippen molar-refractivity contribution in [1.82, 2.24) is 14.5 Å². The molecule has 6 nitrogen and oxygen atoms in total. The van der Waals surface area contributed by atoms with Crippen molar-refractivity contribution < 1.29 is 17.6 Å². The Morgan fingerprint density at radius 1 is 1.28 bits per heavy atom. The number of rotatable bonds is 5. The number of nitrogens with one attached hydrogen (secondary N) is 1. The standard InChI is InChI=1S/C16H12FN3O3S2/c1-2-25(22,23)19-16(21)13-10-14(15-4-3-9-24-15)20(18-13)12-7-5-11(17)6-8-12/h2-10H,1H2,(H,19,21). The van der Waals surface area contributed by atoms with Gasteiger partial charge in [0.15, 0.2) is 5.69 Å². The van der Waals surface area contributed by atoms with Crippen LogP contribution in [0.5, 0.6) is 0 Å². The molecule has 1 aromatic carbocycles. The first-order valence-electron chi connectivity index (χ1n) is 6.99. The van der Waals surface area contributed by atoms with E-state index in [1.165, 1.54) is 46.4 Å². The summed E-state index contributed by atoms with van der Waals surface area (Å²) in [5, 5.41) is 6.68. The second kappa shape index (κ2) is 6.61. The molecule has 0 atom stereocenters. The van der Waals surface area contributed by atoms with Gasteiger partial charge in [-0.05, 0) is 41.8 Å². The summed E-state index contributed by atoms with van der Waals surface area (Å²) in [6.07, 6.45) is 0. The van der Waals surface area contributed by atoms with E-state index in [2.05, 4.69) is 11.7 Å². The summed E-state index contributed by atoms with van der Waals surface area (Å²) in [6.45, 7) is 3.14. The van der Waals surface area contributed by atoms with Crippen LogP contribution in [-0.4, -0.2) is 24.1 Å². The maximum absolute atomic E-state index is 13.2. The van der Waals surface area contributed by atoms with Crippen molar-refractivity contribution in [1.29, 1.82) is 0 Å². The van der Waals surface area contributed by atoms with Crippen LogP contribution in [0.3, 0.4) is 0 Å². The molecule has 3 aromatic rings. The molecule has 1 N–H and O–H groups in total. The zero-order chi connectivity index (χ0) is 18.0. The molecule has 0 bridgehead atoms. The normalized spacial score (nSPS) is 11.2. The fourth-order valence-electron chi connectivity index (χ4n) is 2.09. The zero-order valence-electron chi connectivity index (χ0n) is 12.7. The molecule has 3 rings (SSSR count). The van der Waals surface area contributed by atoms with Gasteiger partial charge in [0.2, 0.25) is 0 Å². The minimum atomic E-state index is -3.93. The van der Waals surface area contributed by atoms with Gasteiger partial charge in [0.05, 0.1) is 16.3 Å². The number of aromatic nitrogens is 2. The average molecular weight is 377 g/mol. The first-order valence-corrected chi connectivity index (χ1v) is 9.42. The maximum atomic E-state index is 13.2. The van der Waals surface area contributed by atoms with Crippen molar-refractivity contribution in [2.45, 2.75) is 0 Å². The lowest BCUT2D eigenvalue weighted by molar-refractivity contribution is 0.0976. The molecule has 0 spiro atoms. The van der Waals surface area contributed by atoms with Gasteiger partial charge in [0, 0.05) is 5.41 Å². The quantitative estimate of drug-likeness (QED) is 0.741. The van der Waals surface area contributed by atoms with Crippen molar-refractivity contribution in [2.24, 2.45) is 0 Å². The summed E-state index contributed by atoms with van der Waals surface area (Å²) < 4.78 is 39.5. The van der Waals surface area contributed by atoms with Gasteiger partial charge in [-0.15, -0.1) is 11.3 Å². The molecule has 9 heteroatoms. The number of hydrogen-bond donors (Lipinski definition) is 1. The summed E-state index contributed by atoms with van der Waals surface area (Å²) in [7, 11) is -3.93. The Kier molecular flexibility index (Phi) is 4.51. The van der Waals surface area contributed by atoms with Crippen LogP contribution >= 0.6 is 11.3 Å². The minimum Gasteiger partial charge on any atom is -0.266 e. The van der Waals surface area contributed by atoms with E-state index in [0.717, 1.165) is 4.88 Å². The molecule has 0 unspecified atom stereocenters. The molecule has 1 amide bonds. The average Bonchev–Trinajstić information content (AvgIpc) is 3.24. The molecule has 128 valence electrons. The highest BCUT2D eigenvalue weighted by atomic mass is 32.2. The third-order valence-corrected chi connectivity index (χ3v) is 5.04. The van der Waals surface area contributed by atoms with Crippen LogP contribution in [-0.2, 0) is 10.0 Å². The van der Waals surface area contributed by atoms with E-state index in [-0.39, 0.29) is 5.69 Å². The largest absolute Gasteiger partial charge is 0.285 e. The number of thiophene rings is 1. The third-order valence-electron chi connectivity index (χ3n) is 3.24. The Balaban J connectivity index is 2.08. The van der Waals surface area contributed by atoms with Crippen LogP contribution in [0.1, 0.15) is 10.5 Å². The molecule has 0 saturated heterocycles. The molecule has 0 aliphatic carbocycles. The van der Waals surface area contributed by atoms with Crippen molar-refractivity contribution >= 4 is 27.3 Å². The Bertz CT molecular complexity index is 1020. The predicted octanol–water partition coefficient (Wildman–Crippen LogP) is 2.94. The molecule has 2 aromatic heterocycles. The van der Waals surface area contributed by atoms with Gasteiger partial charge in [-0.25, -0.2) is 22.2 Å². The lowest BCUT2D eigenvalue weighted by Gasteiger charge is -2.05. The van der Waals surface area contributed by atoms with Gasteiger partial charge in [-0.3, -0.25) is 4.79 Å². The van der Waals surface area contributed by atoms with Crippen LogP contribution in [0.4, 0.5) is 4.39 Å². The number of benzene rings is 1. The topological polar surface area (TPSA) is 81.1 Å². The molecular formula is C16H12FN3O3S2. The van der Waals surface area contributed by atoms with E-state index in [4.69, 9.17) is 0 Å². The summed E-state index contributed by atoms with van der Waals surface area (Å²) in [6, 6.07) is 10.7. The zero-order valence-corrected chi connectivity index (χ0v) is 14.3. The first kappa shape index (κ1) is 17.1. The Morgan fingerprint density at radius 3 is 2.60 bits per heavy atom. The van der Waals surface area contributed by atoms with Gasteiger partial charge >= 0.3 is 0 Å². The summed E-state index contributed by atoms with van der Waals surface area (Å²) in [5.74, 6) is -1.28. The molecule has 0 saturated carbocycles. The van der Waals surface area contributed by atoms with E-state index in [0.29, 0.717) is 16.8 Å². The van der Waals surface area contributed by atoms with Gasteiger partial charge in [-0.2, -0.15) is 5.10 Å². The maximum Gasteiger partial charge on any atom is 0.285 e. The Labute approximate surface area is 147 Å². The summed E-state index contributed by atoms with van der Waals surface area (Å²) >= 11 is 1.43. The molecule has 25 heavy (non-hydrogen) atoms. The van der Waals surface area contributed by atoms with E-state index in [1.54, 1.807) is 0 Å². The van der Waals surface area contributed by atoms with Gasteiger partial charge in [-0.1, -0.05) is 12.6 Å². The van der Waals surface area contributed by atoms with Gasteiger partial charge in [0.25, 0.3) is 15.9 Å². The van der Waals surface area contributed by atoms with E-state index in [9.17, 15) is 17.6 Å². The number of amides is 1. The predicted molar refractivity (Wildman–Crippen MR) is 93.4 cm³/mol. The van der Waals surface area contributed by atoms with E-state index in [1.807, 2.05) is 22.2 Å². The monoisotopic (exact) mass is 377 g/mol. The Morgan fingerprint density at radius 2 is 2.00 bits per heavy atom. The van der Waals surface area contributed by atoms with Crippen LogP contribution in [0, 0.1) is 5.82 Å². The summed E-state index contributed by atoms with van der Waals surface area (Å²) in [4.78, 5) is 13.0. The van der Waals surface area contributed by atoms with Crippen molar-refractivity contribution in [2.75, 3.05) is 0 Å². The number of sulfonamides is 1. The number of nitrogens with zero attached hydrogens (tertiary/aromatic N) is 2. The number of hydrogen-bond acceptors (Lipinski definition) is 5. The molecule has 0 radical (unpaired) electrons. The minimum absolute atomic E-state index is 0.0850. The SMILES string of the molecule is C=CS(=O)(=O)NC(=O)c1cc(-c2cccs2)n(-c2ccc(F)cc2)n1. The molecular weight excluding hydrogens is 365 g/mol. The highest BCUT2D eigenvalue weighted by molar-refractivity contribution is 7.92. The Hall–Kier alpha value is -2.78. The van der Waals surface area contributed by atoms with Crippen molar-refractivity contribution in [3.8, 4) is 16.3 Å². The molecule has 0 aliphatic rings. The van der Waals surface area contributed by atoms with Gasteiger partial charge < -0.3 is 0 Å².